The smallest absolute Gasteiger partial charge is 0.254 e. The van der Waals surface area contributed by atoms with Gasteiger partial charge in [0.1, 0.15) is 11.4 Å². The molecule has 2 aliphatic rings. The van der Waals surface area contributed by atoms with Crippen molar-refractivity contribution in [2.24, 2.45) is 0 Å². The van der Waals surface area contributed by atoms with Crippen molar-refractivity contribution in [3.63, 3.8) is 0 Å². The predicted molar refractivity (Wildman–Crippen MR) is 110 cm³/mol. The lowest BCUT2D eigenvalue weighted by molar-refractivity contribution is -0.00841. The first kappa shape index (κ1) is 18.5. The lowest BCUT2D eigenvalue weighted by atomic mass is 9.81. The highest BCUT2D eigenvalue weighted by atomic mass is 32.1. The van der Waals surface area contributed by atoms with Gasteiger partial charge in [0.15, 0.2) is 0 Å². The Morgan fingerprint density at radius 2 is 2.04 bits per heavy atom. The van der Waals surface area contributed by atoms with E-state index in [1.54, 1.807) is 11.3 Å². The number of fused-ring (bicyclic) bond motifs is 1. The number of carbonyl (C=O) groups is 1. The summed E-state index contributed by atoms with van der Waals surface area (Å²) in [6.45, 7) is 3.91. The van der Waals surface area contributed by atoms with Crippen LogP contribution in [0.25, 0.3) is 0 Å². The summed E-state index contributed by atoms with van der Waals surface area (Å²) in [5.74, 6) is 1.17. The number of hydrogen-bond acceptors (Lipinski definition) is 4. The minimum absolute atomic E-state index is 0.138. The highest BCUT2D eigenvalue weighted by Gasteiger charge is 2.41. The van der Waals surface area contributed by atoms with Crippen LogP contribution >= 0.6 is 11.3 Å². The average Bonchev–Trinajstić information content (AvgIpc) is 3.03. The van der Waals surface area contributed by atoms with E-state index in [1.165, 1.54) is 10.4 Å². The largest absolute Gasteiger partial charge is 0.486 e. The topological polar surface area (TPSA) is 32.8 Å². The lowest BCUT2D eigenvalue weighted by Crippen LogP contribution is -2.51. The number of ether oxygens (including phenoxy) is 1. The number of hydrogen-bond donors (Lipinski definition) is 0. The van der Waals surface area contributed by atoms with Crippen molar-refractivity contribution < 1.29 is 9.53 Å². The minimum atomic E-state index is -0.138. The zero-order valence-corrected chi connectivity index (χ0v) is 17.2. The van der Waals surface area contributed by atoms with Gasteiger partial charge in [-0.05, 0) is 51.8 Å². The molecule has 27 heavy (non-hydrogen) atoms. The van der Waals surface area contributed by atoms with Gasteiger partial charge in [-0.15, -0.1) is 11.3 Å². The Kier molecular flexibility index (Phi) is 4.99. The molecule has 1 aromatic carbocycles. The molecule has 0 unspecified atom stereocenters. The average molecular weight is 385 g/mol. The summed E-state index contributed by atoms with van der Waals surface area (Å²) in [5.41, 5.74) is 1.94. The van der Waals surface area contributed by atoms with E-state index in [4.69, 9.17) is 4.74 Å². The molecule has 1 aliphatic carbocycles. The number of nitrogens with zero attached hydrogens (tertiary/aromatic N) is 2. The second-order valence-corrected chi connectivity index (χ2v) is 9.27. The summed E-state index contributed by atoms with van der Waals surface area (Å²) in [6, 6.07) is 10.7. The minimum Gasteiger partial charge on any atom is -0.486 e. The molecular weight excluding hydrogens is 356 g/mol. The monoisotopic (exact) mass is 384 g/mol. The van der Waals surface area contributed by atoms with Crippen LogP contribution in [-0.4, -0.2) is 48.0 Å². The van der Waals surface area contributed by atoms with Crippen LogP contribution in [0.1, 0.15) is 46.5 Å². The predicted octanol–water partition coefficient (Wildman–Crippen LogP) is 4.33. The summed E-state index contributed by atoms with van der Waals surface area (Å²) in [5, 5.41) is 1.97. The number of carbonyl (C=O) groups excluding carboxylic acids is 1. The van der Waals surface area contributed by atoms with E-state index < -0.39 is 0 Å². The Bertz CT molecular complexity index is 823. The van der Waals surface area contributed by atoms with Gasteiger partial charge in [0, 0.05) is 42.0 Å². The molecule has 0 N–H and O–H groups in total. The number of aryl methyl sites for hydroxylation is 1. The molecule has 2 heterocycles. The fourth-order valence-electron chi connectivity index (χ4n) is 4.54. The van der Waals surface area contributed by atoms with Gasteiger partial charge in [-0.1, -0.05) is 18.2 Å². The Morgan fingerprint density at radius 3 is 2.74 bits per heavy atom. The summed E-state index contributed by atoms with van der Waals surface area (Å²) in [7, 11) is 4.13. The highest BCUT2D eigenvalue weighted by Crippen LogP contribution is 2.39. The molecule has 1 fully saturated rings. The van der Waals surface area contributed by atoms with Gasteiger partial charge in [0.25, 0.3) is 5.91 Å². The molecule has 1 saturated carbocycles. The molecule has 5 heteroatoms. The normalized spacial score (nSPS) is 25.5. The van der Waals surface area contributed by atoms with Gasteiger partial charge in [0.2, 0.25) is 0 Å². The first-order chi connectivity index (χ1) is 13.0. The Balaban J connectivity index is 1.45. The number of likely N-dealkylation sites (N-methyl/N-ethyl adjacent to an activating group) is 1. The van der Waals surface area contributed by atoms with E-state index >= 15 is 0 Å². The van der Waals surface area contributed by atoms with Gasteiger partial charge >= 0.3 is 0 Å². The molecule has 2 aromatic rings. The summed E-state index contributed by atoms with van der Waals surface area (Å²) < 4.78 is 6.59. The SMILES string of the molecule is Cc1cc(C(=O)N(C)C2CCC3(CC2)CN(C)Cc2ccccc2O3)cs1. The van der Waals surface area contributed by atoms with Gasteiger partial charge in [-0.3, -0.25) is 9.69 Å². The lowest BCUT2D eigenvalue weighted by Gasteiger charge is -2.43. The van der Waals surface area contributed by atoms with Crippen LogP contribution in [0.2, 0.25) is 0 Å². The van der Waals surface area contributed by atoms with Crippen LogP contribution in [-0.2, 0) is 6.54 Å². The standard InChI is InChI=1S/C22H28N2O2S/c1-16-12-18(14-27-16)21(25)24(3)19-8-10-22(11-9-19)15-23(2)13-17-6-4-5-7-20(17)26-22/h4-7,12,14,19H,8-11,13,15H2,1-3H3. The van der Waals surface area contributed by atoms with Crippen molar-refractivity contribution in [2.75, 3.05) is 20.6 Å². The molecule has 0 bridgehead atoms. The van der Waals surface area contributed by atoms with Crippen LogP contribution in [0.4, 0.5) is 0 Å². The highest BCUT2D eigenvalue weighted by molar-refractivity contribution is 7.10. The van der Waals surface area contributed by atoms with Crippen molar-refractivity contribution in [2.45, 2.75) is 50.8 Å². The van der Waals surface area contributed by atoms with E-state index in [0.717, 1.165) is 50.1 Å². The van der Waals surface area contributed by atoms with Crippen LogP contribution in [0.15, 0.2) is 35.7 Å². The molecular formula is C22H28N2O2S. The summed E-state index contributed by atoms with van der Waals surface area (Å²) in [4.78, 5) is 18.3. The second kappa shape index (κ2) is 7.28. The number of thiophene rings is 1. The first-order valence-electron chi connectivity index (χ1n) is 9.73. The molecule has 0 saturated heterocycles. The Labute approximate surface area is 165 Å². The third-order valence-electron chi connectivity index (χ3n) is 6.01. The van der Waals surface area contributed by atoms with Gasteiger partial charge in [-0.25, -0.2) is 0 Å². The van der Waals surface area contributed by atoms with Crippen LogP contribution in [0.3, 0.4) is 0 Å². The fraction of sp³-hybridized carbons (Fsp3) is 0.500. The molecule has 4 rings (SSSR count). The molecule has 1 aromatic heterocycles. The van der Waals surface area contributed by atoms with Crippen molar-refractivity contribution in [1.82, 2.24) is 9.80 Å². The number of para-hydroxylation sites is 1. The molecule has 144 valence electrons. The molecule has 0 radical (unpaired) electrons. The quantitative estimate of drug-likeness (QED) is 0.772. The maximum absolute atomic E-state index is 12.8. The molecule has 1 amide bonds. The summed E-state index contributed by atoms with van der Waals surface area (Å²) >= 11 is 1.64. The fourth-order valence-corrected chi connectivity index (χ4v) is 5.22. The third kappa shape index (κ3) is 3.76. The van der Waals surface area contributed by atoms with E-state index in [2.05, 4.69) is 36.2 Å². The number of rotatable bonds is 2. The van der Waals surface area contributed by atoms with Crippen LogP contribution in [0, 0.1) is 6.92 Å². The van der Waals surface area contributed by atoms with Gasteiger partial charge < -0.3 is 9.64 Å². The third-order valence-corrected chi connectivity index (χ3v) is 6.87. The first-order valence-corrected chi connectivity index (χ1v) is 10.6. The zero-order chi connectivity index (χ0) is 19.0. The van der Waals surface area contributed by atoms with Crippen molar-refractivity contribution in [3.05, 3.63) is 51.7 Å². The zero-order valence-electron chi connectivity index (χ0n) is 16.4. The van der Waals surface area contributed by atoms with Crippen LogP contribution < -0.4 is 4.74 Å². The summed E-state index contributed by atoms with van der Waals surface area (Å²) in [6.07, 6.45) is 3.94. The van der Waals surface area contributed by atoms with Crippen molar-refractivity contribution in [3.8, 4) is 5.75 Å². The second-order valence-electron chi connectivity index (χ2n) is 8.16. The maximum atomic E-state index is 12.8. The van der Waals surface area contributed by atoms with E-state index in [0.29, 0.717) is 0 Å². The van der Waals surface area contributed by atoms with E-state index in [1.807, 2.05) is 30.3 Å². The Morgan fingerprint density at radius 1 is 1.30 bits per heavy atom. The molecule has 1 spiro atoms. The van der Waals surface area contributed by atoms with E-state index in [-0.39, 0.29) is 17.6 Å². The van der Waals surface area contributed by atoms with Crippen molar-refractivity contribution >= 4 is 17.2 Å². The number of benzene rings is 1. The molecule has 0 atom stereocenters. The van der Waals surface area contributed by atoms with Crippen molar-refractivity contribution in [1.29, 1.82) is 0 Å². The maximum Gasteiger partial charge on any atom is 0.254 e. The number of amides is 1. The Hall–Kier alpha value is -1.85. The van der Waals surface area contributed by atoms with Gasteiger partial charge in [0.05, 0.1) is 5.56 Å². The molecule has 1 aliphatic heterocycles. The van der Waals surface area contributed by atoms with Crippen LogP contribution in [0.5, 0.6) is 5.75 Å². The van der Waals surface area contributed by atoms with E-state index in [9.17, 15) is 4.79 Å². The van der Waals surface area contributed by atoms with Gasteiger partial charge in [-0.2, -0.15) is 0 Å². The molecule has 4 nitrogen and oxygen atoms in total.